The fourth-order valence-electron chi connectivity index (χ4n) is 9.89. The van der Waals surface area contributed by atoms with Crippen molar-refractivity contribution < 1.29 is 0 Å². The Morgan fingerprint density at radius 2 is 0.810 bits per heavy atom. The molecule has 0 amide bonds. The van der Waals surface area contributed by atoms with Gasteiger partial charge in [-0.25, -0.2) is 0 Å². The van der Waals surface area contributed by atoms with Crippen LogP contribution in [0.4, 0.5) is 0 Å². The molecule has 0 saturated heterocycles. The summed E-state index contributed by atoms with van der Waals surface area (Å²) in [6.45, 7) is 0. The summed E-state index contributed by atoms with van der Waals surface area (Å²) in [5.41, 5.74) is 13.2. The summed E-state index contributed by atoms with van der Waals surface area (Å²) in [5.74, 6) is 0. The van der Waals surface area contributed by atoms with E-state index in [-0.39, 0.29) is 0 Å². The molecule has 9 aromatic carbocycles. The van der Waals surface area contributed by atoms with Gasteiger partial charge in [-0.15, -0.1) is 11.3 Å². The smallest absolute Gasteiger partial charge is 0.0555 e. The molecule has 13 rings (SSSR count). The van der Waals surface area contributed by atoms with E-state index in [2.05, 4.69) is 214 Å². The molecule has 0 radical (unpaired) electrons. The molecule has 0 aliphatic carbocycles. The molecule has 0 fully saturated rings. The number of hydrogen-bond donors (Lipinski definition) is 0. The Balaban J connectivity index is 1.07. The Bertz CT molecular complexity index is 3800. The topological polar surface area (TPSA) is 14.8 Å². The average Bonchev–Trinajstić information content (AvgIpc) is 4.03. The van der Waals surface area contributed by atoms with Crippen molar-refractivity contribution in [2.45, 2.75) is 0 Å². The molecular formula is C54H33N3S. The van der Waals surface area contributed by atoms with Gasteiger partial charge in [-0.05, 0) is 84.4 Å². The first-order valence-electron chi connectivity index (χ1n) is 19.9. The SMILES string of the molecule is c1ccc(-n2c3ccccc3c3c4c5ccccc5n(-c5ccccc5-c5ccc6c(c5)c5ccccc5n6-c5cccc6sc7ccccc7c56)c4ccc32)cc1. The van der Waals surface area contributed by atoms with Crippen molar-refractivity contribution in [3.63, 3.8) is 0 Å². The fourth-order valence-corrected chi connectivity index (χ4v) is 11.0. The molecule has 58 heavy (non-hydrogen) atoms. The first kappa shape index (κ1) is 31.8. The molecule has 0 unspecified atom stereocenters. The predicted octanol–water partition coefficient (Wildman–Crippen LogP) is 15.0. The van der Waals surface area contributed by atoms with E-state index < -0.39 is 0 Å². The van der Waals surface area contributed by atoms with Crippen molar-refractivity contribution in [1.29, 1.82) is 0 Å². The van der Waals surface area contributed by atoms with Crippen LogP contribution in [0.1, 0.15) is 0 Å². The first-order chi connectivity index (χ1) is 28.8. The number of hydrogen-bond acceptors (Lipinski definition) is 1. The van der Waals surface area contributed by atoms with Gasteiger partial charge in [-0.1, -0.05) is 121 Å². The molecule has 0 bridgehead atoms. The molecule has 4 heteroatoms. The summed E-state index contributed by atoms with van der Waals surface area (Å²) < 4.78 is 10.0. The number of rotatable bonds is 4. The summed E-state index contributed by atoms with van der Waals surface area (Å²) >= 11 is 1.87. The van der Waals surface area contributed by atoms with Gasteiger partial charge < -0.3 is 13.7 Å². The van der Waals surface area contributed by atoms with E-state index in [0.717, 1.165) is 5.69 Å². The number of fused-ring (bicyclic) bond motifs is 13. The van der Waals surface area contributed by atoms with Crippen LogP contribution in [0, 0.1) is 0 Å². The van der Waals surface area contributed by atoms with Gasteiger partial charge in [0.25, 0.3) is 0 Å². The monoisotopic (exact) mass is 755 g/mol. The highest BCUT2D eigenvalue weighted by molar-refractivity contribution is 7.25. The number of nitrogens with zero attached hydrogens (tertiary/aromatic N) is 3. The molecule has 0 spiro atoms. The zero-order valence-electron chi connectivity index (χ0n) is 31.3. The average molecular weight is 756 g/mol. The van der Waals surface area contributed by atoms with Gasteiger partial charge in [-0.2, -0.15) is 0 Å². The molecule has 4 aromatic heterocycles. The highest BCUT2D eigenvalue weighted by Crippen LogP contribution is 2.45. The van der Waals surface area contributed by atoms with Crippen LogP contribution >= 0.6 is 11.3 Å². The Kier molecular flexibility index (Phi) is 6.60. The lowest BCUT2D eigenvalue weighted by molar-refractivity contribution is 1.17. The van der Waals surface area contributed by atoms with Crippen LogP contribution in [-0.4, -0.2) is 13.7 Å². The molecule has 0 aliphatic heterocycles. The molecule has 13 aromatic rings. The minimum absolute atomic E-state index is 1.16. The fraction of sp³-hybridized carbons (Fsp3) is 0. The van der Waals surface area contributed by atoms with E-state index in [1.165, 1.54) is 108 Å². The minimum atomic E-state index is 1.16. The van der Waals surface area contributed by atoms with Crippen LogP contribution in [0.3, 0.4) is 0 Å². The number of thiophene rings is 1. The van der Waals surface area contributed by atoms with Crippen LogP contribution in [0.5, 0.6) is 0 Å². The minimum Gasteiger partial charge on any atom is -0.309 e. The van der Waals surface area contributed by atoms with Crippen LogP contribution in [0.2, 0.25) is 0 Å². The van der Waals surface area contributed by atoms with Gasteiger partial charge in [0.1, 0.15) is 0 Å². The zero-order chi connectivity index (χ0) is 37.9. The normalized spacial score (nSPS) is 12.1. The van der Waals surface area contributed by atoms with E-state index in [9.17, 15) is 0 Å². The first-order valence-corrected chi connectivity index (χ1v) is 20.7. The lowest BCUT2D eigenvalue weighted by Crippen LogP contribution is -1.97. The van der Waals surface area contributed by atoms with E-state index in [0.29, 0.717) is 0 Å². The number of aromatic nitrogens is 3. The van der Waals surface area contributed by atoms with Gasteiger partial charge in [0.05, 0.1) is 44.5 Å². The van der Waals surface area contributed by atoms with Crippen LogP contribution in [0.25, 0.3) is 114 Å². The molecular weight excluding hydrogens is 723 g/mol. The van der Waals surface area contributed by atoms with Gasteiger partial charge >= 0.3 is 0 Å². The molecule has 0 saturated carbocycles. The molecule has 0 N–H and O–H groups in total. The van der Waals surface area contributed by atoms with Crippen molar-refractivity contribution in [2.24, 2.45) is 0 Å². The standard InChI is InChI=1S/C54H33N3S/c1-2-15-35(16-3-1)55-44-24-11-6-19-38(44)53-48(55)31-32-49-54(53)39-20-7-12-25-45(39)56(49)42-22-9-4-17-36(42)34-29-30-46-41(33-34)37-18-5-10-23-43(37)57(46)47-26-14-28-51-52(47)40-21-8-13-27-50(40)58-51/h1-33H. The third kappa shape index (κ3) is 4.32. The van der Waals surface area contributed by atoms with Crippen molar-refractivity contribution in [3.05, 3.63) is 200 Å². The third-order valence-corrected chi connectivity index (χ3v) is 13.4. The second-order valence-electron chi connectivity index (χ2n) is 15.2. The molecule has 0 aliphatic rings. The summed E-state index contributed by atoms with van der Waals surface area (Å²) in [6, 6.07) is 73.6. The van der Waals surface area contributed by atoms with Crippen LogP contribution in [-0.2, 0) is 0 Å². The van der Waals surface area contributed by atoms with E-state index >= 15 is 0 Å². The Morgan fingerprint density at radius 1 is 0.293 bits per heavy atom. The number of para-hydroxylation sites is 5. The summed E-state index contributed by atoms with van der Waals surface area (Å²) in [7, 11) is 0. The zero-order valence-corrected chi connectivity index (χ0v) is 32.1. The van der Waals surface area contributed by atoms with E-state index in [4.69, 9.17) is 0 Å². The lowest BCUT2D eigenvalue weighted by Gasteiger charge is -2.15. The maximum Gasteiger partial charge on any atom is 0.0555 e. The van der Waals surface area contributed by atoms with Crippen LogP contribution in [0.15, 0.2) is 200 Å². The second-order valence-corrected chi connectivity index (χ2v) is 16.3. The lowest BCUT2D eigenvalue weighted by atomic mass is 10.0. The molecule has 270 valence electrons. The van der Waals surface area contributed by atoms with E-state index in [1.54, 1.807) is 0 Å². The van der Waals surface area contributed by atoms with Gasteiger partial charge in [0.2, 0.25) is 0 Å². The molecule has 4 heterocycles. The molecule has 3 nitrogen and oxygen atoms in total. The second kappa shape index (κ2) is 12.1. The highest BCUT2D eigenvalue weighted by atomic mass is 32.1. The van der Waals surface area contributed by atoms with Gasteiger partial charge in [0, 0.05) is 63.7 Å². The quantitative estimate of drug-likeness (QED) is 0.170. The Labute approximate surface area is 337 Å². The van der Waals surface area contributed by atoms with Crippen LogP contribution < -0.4 is 0 Å². The Hall–Kier alpha value is -7.40. The maximum atomic E-state index is 2.49. The highest BCUT2D eigenvalue weighted by Gasteiger charge is 2.23. The van der Waals surface area contributed by atoms with Crippen molar-refractivity contribution in [1.82, 2.24) is 13.7 Å². The van der Waals surface area contributed by atoms with Gasteiger partial charge in [-0.3, -0.25) is 0 Å². The number of benzene rings is 9. The van der Waals surface area contributed by atoms with Crippen molar-refractivity contribution in [2.75, 3.05) is 0 Å². The van der Waals surface area contributed by atoms with E-state index in [1.807, 2.05) is 11.3 Å². The van der Waals surface area contributed by atoms with Crippen molar-refractivity contribution in [3.8, 4) is 28.2 Å². The predicted molar refractivity (Wildman–Crippen MR) is 248 cm³/mol. The summed E-state index contributed by atoms with van der Waals surface area (Å²) in [4.78, 5) is 0. The summed E-state index contributed by atoms with van der Waals surface area (Å²) in [6.07, 6.45) is 0. The van der Waals surface area contributed by atoms with Gasteiger partial charge in [0.15, 0.2) is 0 Å². The largest absolute Gasteiger partial charge is 0.309 e. The van der Waals surface area contributed by atoms with Crippen molar-refractivity contribution >= 4 is 96.9 Å². The maximum absolute atomic E-state index is 2.49. The Morgan fingerprint density at radius 3 is 1.59 bits per heavy atom. The summed E-state index contributed by atoms with van der Waals surface area (Å²) in [5, 5.41) is 10.2. The third-order valence-electron chi connectivity index (χ3n) is 12.2. The molecule has 0 atom stereocenters.